The molecule has 0 amide bonds. The molecule has 1 aliphatic rings. The Morgan fingerprint density at radius 3 is 2.80 bits per heavy atom. The van der Waals surface area contributed by atoms with E-state index in [9.17, 15) is 8.78 Å². The van der Waals surface area contributed by atoms with Crippen molar-refractivity contribution in [3.63, 3.8) is 0 Å². The van der Waals surface area contributed by atoms with Crippen molar-refractivity contribution in [2.75, 3.05) is 13.1 Å². The smallest absolute Gasteiger partial charge is 0.163 e. The molecule has 2 unspecified atom stereocenters. The van der Waals surface area contributed by atoms with E-state index in [4.69, 9.17) is 0 Å². The molecule has 0 bridgehead atoms. The van der Waals surface area contributed by atoms with Crippen molar-refractivity contribution < 1.29 is 8.78 Å². The Balaban J connectivity index is 2.14. The lowest BCUT2D eigenvalue weighted by atomic mass is 10.0. The van der Waals surface area contributed by atoms with Gasteiger partial charge in [0.2, 0.25) is 0 Å². The first kappa shape index (κ1) is 15.4. The van der Waals surface area contributed by atoms with Crippen molar-refractivity contribution >= 4 is 0 Å². The van der Waals surface area contributed by atoms with Gasteiger partial charge >= 0.3 is 0 Å². The minimum Gasteiger partial charge on any atom is -0.312 e. The molecule has 0 saturated carbocycles. The van der Waals surface area contributed by atoms with Crippen LogP contribution in [0.15, 0.2) is 18.2 Å². The van der Waals surface area contributed by atoms with E-state index < -0.39 is 11.6 Å². The molecule has 1 aliphatic heterocycles. The Morgan fingerprint density at radius 1 is 1.35 bits per heavy atom. The zero-order valence-electron chi connectivity index (χ0n) is 12.5. The topological polar surface area (TPSA) is 15.3 Å². The van der Waals surface area contributed by atoms with Crippen molar-refractivity contribution in [2.45, 2.75) is 45.8 Å². The van der Waals surface area contributed by atoms with E-state index in [1.165, 1.54) is 6.07 Å². The average Bonchev–Trinajstić information content (AvgIpc) is 2.58. The van der Waals surface area contributed by atoms with Crippen molar-refractivity contribution in [1.29, 1.82) is 0 Å². The minimum atomic E-state index is -0.761. The van der Waals surface area contributed by atoms with Gasteiger partial charge < -0.3 is 5.32 Å². The van der Waals surface area contributed by atoms with Gasteiger partial charge in [0.1, 0.15) is 0 Å². The van der Waals surface area contributed by atoms with Gasteiger partial charge in [0.25, 0.3) is 0 Å². The maximum atomic E-state index is 13.8. The lowest BCUT2D eigenvalue weighted by Crippen LogP contribution is -2.42. The molecular weight excluding hydrogens is 258 g/mol. The van der Waals surface area contributed by atoms with E-state index in [1.807, 2.05) is 0 Å². The molecule has 0 aromatic heterocycles. The van der Waals surface area contributed by atoms with Crippen molar-refractivity contribution in [3.05, 3.63) is 35.4 Å². The van der Waals surface area contributed by atoms with Crippen LogP contribution in [-0.2, 0) is 6.54 Å². The molecule has 112 valence electrons. The number of halogens is 2. The third kappa shape index (κ3) is 3.55. The highest BCUT2D eigenvalue weighted by Gasteiger charge is 2.25. The van der Waals surface area contributed by atoms with Crippen LogP contribution in [-0.4, -0.2) is 30.1 Å². The molecule has 2 rings (SSSR count). The van der Waals surface area contributed by atoms with Gasteiger partial charge in [0, 0.05) is 30.7 Å². The largest absolute Gasteiger partial charge is 0.312 e. The van der Waals surface area contributed by atoms with Crippen molar-refractivity contribution in [1.82, 2.24) is 10.2 Å². The molecule has 2 atom stereocenters. The summed E-state index contributed by atoms with van der Waals surface area (Å²) in [7, 11) is 0. The number of nitrogens with zero attached hydrogens (tertiary/aromatic N) is 1. The molecule has 2 nitrogen and oxygen atoms in total. The first-order valence-corrected chi connectivity index (χ1v) is 7.39. The van der Waals surface area contributed by atoms with Crippen LogP contribution in [0, 0.1) is 17.6 Å². The summed E-state index contributed by atoms with van der Waals surface area (Å²) < 4.78 is 27.1. The summed E-state index contributed by atoms with van der Waals surface area (Å²) in [6.07, 6.45) is 1.03. The molecule has 4 heteroatoms. The van der Waals surface area contributed by atoms with Gasteiger partial charge in [-0.1, -0.05) is 26.0 Å². The van der Waals surface area contributed by atoms with Gasteiger partial charge in [-0.3, -0.25) is 4.90 Å². The van der Waals surface area contributed by atoms with E-state index in [1.54, 1.807) is 12.1 Å². The number of benzene rings is 1. The molecule has 1 saturated heterocycles. The van der Waals surface area contributed by atoms with E-state index >= 15 is 0 Å². The van der Waals surface area contributed by atoms with Crippen LogP contribution in [0.4, 0.5) is 8.78 Å². The summed E-state index contributed by atoms with van der Waals surface area (Å²) in [4.78, 5) is 2.25. The quantitative estimate of drug-likeness (QED) is 0.916. The third-order valence-electron chi connectivity index (χ3n) is 4.23. The van der Waals surface area contributed by atoms with E-state index in [0.29, 0.717) is 30.1 Å². The summed E-state index contributed by atoms with van der Waals surface area (Å²) >= 11 is 0. The summed E-state index contributed by atoms with van der Waals surface area (Å²) in [5.41, 5.74) is 0.446. The number of hydrogen-bond donors (Lipinski definition) is 1. The molecule has 1 N–H and O–H groups in total. The Hall–Kier alpha value is -1.00. The monoisotopic (exact) mass is 282 g/mol. The highest BCUT2D eigenvalue weighted by molar-refractivity contribution is 5.19. The summed E-state index contributed by atoms with van der Waals surface area (Å²) in [6.45, 7) is 8.85. The van der Waals surface area contributed by atoms with Crippen LogP contribution in [0.25, 0.3) is 0 Å². The maximum absolute atomic E-state index is 13.8. The third-order valence-corrected chi connectivity index (χ3v) is 4.23. The summed E-state index contributed by atoms with van der Waals surface area (Å²) in [6, 6.07) is 5.19. The Labute approximate surface area is 120 Å². The van der Waals surface area contributed by atoms with E-state index in [-0.39, 0.29) is 0 Å². The van der Waals surface area contributed by atoms with Crippen LogP contribution in [0.1, 0.15) is 32.8 Å². The Bertz CT molecular complexity index is 448. The van der Waals surface area contributed by atoms with Gasteiger partial charge in [0.15, 0.2) is 11.6 Å². The minimum absolute atomic E-state index is 0.369. The molecule has 1 aromatic carbocycles. The highest BCUT2D eigenvalue weighted by Crippen LogP contribution is 2.19. The van der Waals surface area contributed by atoms with Gasteiger partial charge in [-0.15, -0.1) is 0 Å². The molecule has 0 radical (unpaired) electrons. The first-order valence-electron chi connectivity index (χ1n) is 7.39. The summed E-state index contributed by atoms with van der Waals surface area (Å²) in [5.74, 6) is -0.943. The number of rotatable bonds is 3. The van der Waals surface area contributed by atoms with Crippen LogP contribution in [0.3, 0.4) is 0 Å². The fraction of sp³-hybridized carbons (Fsp3) is 0.625. The molecule has 0 aliphatic carbocycles. The molecular formula is C16H24F2N2. The SMILES string of the molecule is CC(C)C1CN(Cc2cccc(F)c2F)C(C)CCN1. The molecule has 1 fully saturated rings. The second kappa shape index (κ2) is 6.64. The van der Waals surface area contributed by atoms with Gasteiger partial charge in [-0.05, 0) is 31.9 Å². The lowest BCUT2D eigenvalue weighted by Gasteiger charge is -2.30. The number of hydrogen-bond acceptors (Lipinski definition) is 2. The lowest BCUT2D eigenvalue weighted by molar-refractivity contribution is 0.181. The molecule has 20 heavy (non-hydrogen) atoms. The average molecular weight is 282 g/mol. The maximum Gasteiger partial charge on any atom is 0.163 e. The molecule has 1 aromatic rings. The van der Waals surface area contributed by atoms with E-state index in [2.05, 4.69) is 31.0 Å². The van der Waals surface area contributed by atoms with Gasteiger partial charge in [-0.2, -0.15) is 0 Å². The second-order valence-corrected chi connectivity index (χ2v) is 6.08. The molecule has 0 spiro atoms. The highest BCUT2D eigenvalue weighted by atomic mass is 19.2. The Morgan fingerprint density at radius 2 is 2.10 bits per heavy atom. The van der Waals surface area contributed by atoms with Gasteiger partial charge in [0.05, 0.1) is 0 Å². The van der Waals surface area contributed by atoms with Crippen LogP contribution >= 0.6 is 0 Å². The number of nitrogens with one attached hydrogen (secondary N) is 1. The van der Waals surface area contributed by atoms with Gasteiger partial charge in [-0.25, -0.2) is 8.78 Å². The van der Waals surface area contributed by atoms with Crippen molar-refractivity contribution in [3.8, 4) is 0 Å². The van der Waals surface area contributed by atoms with Crippen LogP contribution in [0.5, 0.6) is 0 Å². The Kier molecular flexibility index (Phi) is 5.11. The normalized spacial score (nSPS) is 24.9. The molecule has 1 heterocycles. The zero-order valence-corrected chi connectivity index (χ0v) is 12.5. The first-order chi connectivity index (χ1) is 9.49. The standard InChI is InChI=1S/C16H24F2N2/c1-11(2)15-10-20(12(3)7-8-19-15)9-13-5-4-6-14(17)16(13)18/h4-6,11-12,15,19H,7-10H2,1-3H3. The van der Waals surface area contributed by atoms with Crippen molar-refractivity contribution in [2.24, 2.45) is 5.92 Å². The second-order valence-electron chi connectivity index (χ2n) is 6.08. The predicted molar refractivity (Wildman–Crippen MR) is 77.5 cm³/mol. The zero-order chi connectivity index (χ0) is 14.7. The van der Waals surface area contributed by atoms with Crippen LogP contribution < -0.4 is 5.32 Å². The van der Waals surface area contributed by atoms with Crippen LogP contribution in [0.2, 0.25) is 0 Å². The fourth-order valence-electron chi connectivity index (χ4n) is 2.71. The fourth-order valence-corrected chi connectivity index (χ4v) is 2.71. The summed E-state index contributed by atoms with van der Waals surface area (Å²) in [5, 5.41) is 3.54. The predicted octanol–water partition coefficient (Wildman–Crippen LogP) is 3.17. The van der Waals surface area contributed by atoms with E-state index in [0.717, 1.165) is 19.5 Å².